The van der Waals surface area contributed by atoms with E-state index in [4.69, 9.17) is 5.11 Å². The van der Waals surface area contributed by atoms with Crippen LogP contribution in [0.5, 0.6) is 0 Å². The van der Waals surface area contributed by atoms with Crippen molar-refractivity contribution in [2.75, 3.05) is 0 Å². The molecule has 0 aliphatic carbocycles. The van der Waals surface area contributed by atoms with Crippen LogP contribution in [0.1, 0.15) is 52.4 Å². The number of rotatable bonds is 7. The minimum atomic E-state index is -0.734. The summed E-state index contributed by atoms with van der Waals surface area (Å²) in [7, 11) is 0. The van der Waals surface area contributed by atoms with Crippen molar-refractivity contribution in [1.82, 2.24) is 0 Å². The zero-order valence-corrected chi connectivity index (χ0v) is 8.68. The Morgan fingerprint density at radius 1 is 1.31 bits per heavy atom. The molecule has 2 nitrogen and oxygen atoms in total. The Morgan fingerprint density at radius 3 is 2.54 bits per heavy atom. The van der Waals surface area contributed by atoms with Crippen molar-refractivity contribution in [3.63, 3.8) is 0 Å². The van der Waals surface area contributed by atoms with E-state index in [1.54, 1.807) is 0 Å². The van der Waals surface area contributed by atoms with Crippen LogP contribution in [-0.4, -0.2) is 11.1 Å². The molecule has 0 aromatic rings. The van der Waals surface area contributed by atoms with Crippen LogP contribution < -0.4 is 0 Å². The van der Waals surface area contributed by atoms with Crippen molar-refractivity contribution in [3.05, 3.63) is 11.6 Å². The van der Waals surface area contributed by atoms with Gasteiger partial charge in [0.15, 0.2) is 0 Å². The average molecular weight is 184 g/mol. The summed E-state index contributed by atoms with van der Waals surface area (Å²) in [4.78, 5) is 10.3. The zero-order valence-electron chi connectivity index (χ0n) is 8.68. The highest BCUT2D eigenvalue weighted by molar-refractivity contribution is 5.69. The zero-order chi connectivity index (χ0) is 10.1. The highest BCUT2D eigenvalue weighted by Gasteiger charge is 1.96. The molecule has 13 heavy (non-hydrogen) atoms. The molecule has 1 N–H and O–H groups in total. The van der Waals surface area contributed by atoms with E-state index in [0.29, 0.717) is 0 Å². The summed E-state index contributed by atoms with van der Waals surface area (Å²) in [6.07, 6.45) is 8.23. The fraction of sp³-hybridized carbons (Fsp3) is 0.727. The molecule has 0 bridgehead atoms. The Morgan fingerprint density at radius 2 is 2.00 bits per heavy atom. The number of carboxylic acids is 1. The first kappa shape index (κ1) is 12.2. The van der Waals surface area contributed by atoms with Crippen LogP contribution in [0.3, 0.4) is 0 Å². The first-order valence-electron chi connectivity index (χ1n) is 5.04. The van der Waals surface area contributed by atoms with E-state index < -0.39 is 5.97 Å². The Kier molecular flexibility index (Phi) is 7.36. The van der Waals surface area contributed by atoms with Crippen molar-refractivity contribution in [2.24, 2.45) is 0 Å². The normalized spacial score (nSPS) is 11.7. The lowest BCUT2D eigenvalue weighted by Crippen LogP contribution is -1.94. The van der Waals surface area contributed by atoms with Crippen LogP contribution in [0.4, 0.5) is 0 Å². The third-order valence-corrected chi connectivity index (χ3v) is 1.98. The number of carboxylic acid groups (broad SMARTS) is 1. The minimum absolute atomic E-state index is 0.188. The fourth-order valence-corrected chi connectivity index (χ4v) is 1.23. The van der Waals surface area contributed by atoms with Gasteiger partial charge in [-0.2, -0.15) is 0 Å². The summed E-state index contributed by atoms with van der Waals surface area (Å²) in [6.45, 7) is 4.07. The lowest BCUT2D eigenvalue weighted by atomic mass is 10.1. The molecule has 0 aromatic heterocycles. The molecule has 0 atom stereocenters. The largest absolute Gasteiger partial charge is 0.481 e. The van der Waals surface area contributed by atoms with E-state index in [-0.39, 0.29) is 6.42 Å². The first-order valence-corrected chi connectivity index (χ1v) is 5.04. The van der Waals surface area contributed by atoms with E-state index in [1.165, 1.54) is 25.7 Å². The molecular formula is C11H20O2. The molecule has 0 unspecified atom stereocenters. The van der Waals surface area contributed by atoms with Gasteiger partial charge in [0, 0.05) is 0 Å². The summed E-state index contributed by atoms with van der Waals surface area (Å²) < 4.78 is 0. The minimum Gasteiger partial charge on any atom is -0.481 e. The SMILES string of the molecule is CCCCCC/C=C(\C)CC(=O)O. The summed E-state index contributed by atoms with van der Waals surface area (Å²) in [5, 5.41) is 8.48. The Balaban J connectivity index is 3.42. The molecule has 0 radical (unpaired) electrons. The molecule has 0 rings (SSSR count). The van der Waals surface area contributed by atoms with Gasteiger partial charge in [0.05, 0.1) is 6.42 Å². The van der Waals surface area contributed by atoms with Crippen LogP contribution in [-0.2, 0) is 4.79 Å². The fourth-order valence-electron chi connectivity index (χ4n) is 1.23. The van der Waals surface area contributed by atoms with E-state index in [9.17, 15) is 4.79 Å². The average Bonchev–Trinajstić information content (AvgIpc) is 2.02. The third kappa shape index (κ3) is 9.12. The van der Waals surface area contributed by atoms with Gasteiger partial charge in [-0.25, -0.2) is 0 Å². The summed E-state index contributed by atoms with van der Waals surface area (Å²) in [5.41, 5.74) is 0.976. The third-order valence-electron chi connectivity index (χ3n) is 1.98. The van der Waals surface area contributed by atoms with Gasteiger partial charge in [-0.1, -0.05) is 37.8 Å². The highest BCUT2D eigenvalue weighted by Crippen LogP contribution is 2.07. The topological polar surface area (TPSA) is 37.3 Å². The molecule has 0 saturated heterocycles. The standard InChI is InChI=1S/C11H20O2/c1-3-4-5-6-7-8-10(2)9-11(12)13/h8H,3-7,9H2,1-2H3,(H,12,13)/b10-8+. The van der Waals surface area contributed by atoms with Crippen molar-refractivity contribution in [1.29, 1.82) is 0 Å². The molecule has 2 heteroatoms. The summed E-state index contributed by atoms with van der Waals surface area (Å²) in [6, 6.07) is 0. The number of aliphatic carboxylic acids is 1. The van der Waals surface area contributed by atoms with Crippen molar-refractivity contribution in [3.8, 4) is 0 Å². The van der Waals surface area contributed by atoms with E-state index in [0.717, 1.165) is 12.0 Å². The molecule has 0 aliphatic rings. The number of allylic oxidation sites excluding steroid dienone is 1. The molecule has 0 heterocycles. The van der Waals surface area contributed by atoms with Crippen molar-refractivity contribution >= 4 is 5.97 Å². The predicted octanol–water partition coefficient (Wildman–Crippen LogP) is 3.38. The molecule has 0 fully saturated rings. The number of carbonyl (C=O) groups is 1. The van der Waals surface area contributed by atoms with Gasteiger partial charge in [0.25, 0.3) is 0 Å². The smallest absolute Gasteiger partial charge is 0.307 e. The number of hydrogen-bond donors (Lipinski definition) is 1. The lowest BCUT2D eigenvalue weighted by molar-refractivity contribution is -0.136. The molecule has 0 amide bonds. The predicted molar refractivity (Wildman–Crippen MR) is 54.8 cm³/mol. The van der Waals surface area contributed by atoms with Crippen LogP contribution >= 0.6 is 0 Å². The second-order valence-corrected chi connectivity index (χ2v) is 3.47. The molecule has 0 aromatic carbocycles. The Bertz CT molecular complexity index is 171. The summed E-state index contributed by atoms with van der Waals surface area (Å²) >= 11 is 0. The van der Waals surface area contributed by atoms with E-state index >= 15 is 0 Å². The van der Waals surface area contributed by atoms with E-state index in [1.807, 2.05) is 13.0 Å². The first-order chi connectivity index (χ1) is 6.16. The maximum absolute atomic E-state index is 10.3. The van der Waals surface area contributed by atoms with Crippen LogP contribution in [0.15, 0.2) is 11.6 Å². The maximum Gasteiger partial charge on any atom is 0.307 e. The van der Waals surface area contributed by atoms with E-state index in [2.05, 4.69) is 6.92 Å². The molecule has 0 saturated carbocycles. The quantitative estimate of drug-likeness (QED) is 0.486. The van der Waals surface area contributed by atoms with Gasteiger partial charge in [-0.15, -0.1) is 0 Å². The number of unbranched alkanes of at least 4 members (excludes halogenated alkanes) is 4. The highest BCUT2D eigenvalue weighted by atomic mass is 16.4. The molecule has 0 spiro atoms. The lowest BCUT2D eigenvalue weighted by Gasteiger charge is -1.97. The maximum atomic E-state index is 10.3. The second-order valence-electron chi connectivity index (χ2n) is 3.47. The van der Waals surface area contributed by atoms with Crippen LogP contribution in [0, 0.1) is 0 Å². The Hall–Kier alpha value is -0.790. The Labute approximate surface area is 80.7 Å². The van der Waals surface area contributed by atoms with Gasteiger partial charge in [0.2, 0.25) is 0 Å². The second kappa shape index (κ2) is 7.84. The molecule has 76 valence electrons. The monoisotopic (exact) mass is 184 g/mol. The van der Waals surface area contributed by atoms with Gasteiger partial charge >= 0.3 is 5.97 Å². The van der Waals surface area contributed by atoms with Gasteiger partial charge in [-0.3, -0.25) is 4.79 Å². The van der Waals surface area contributed by atoms with Crippen LogP contribution in [0.25, 0.3) is 0 Å². The van der Waals surface area contributed by atoms with Gasteiger partial charge in [0.1, 0.15) is 0 Å². The van der Waals surface area contributed by atoms with Crippen LogP contribution in [0.2, 0.25) is 0 Å². The van der Waals surface area contributed by atoms with Gasteiger partial charge in [-0.05, 0) is 19.8 Å². The number of hydrogen-bond acceptors (Lipinski definition) is 1. The van der Waals surface area contributed by atoms with Crippen molar-refractivity contribution in [2.45, 2.75) is 52.4 Å². The van der Waals surface area contributed by atoms with Crippen molar-refractivity contribution < 1.29 is 9.90 Å². The van der Waals surface area contributed by atoms with Gasteiger partial charge < -0.3 is 5.11 Å². The molecular weight excluding hydrogens is 164 g/mol. The summed E-state index contributed by atoms with van der Waals surface area (Å²) in [5.74, 6) is -0.734. The molecule has 0 aliphatic heterocycles.